The average Bonchev–Trinajstić information content (AvgIpc) is 3.19. The molecule has 0 radical (unpaired) electrons. The van der Waals surface area contributed by atoms with Crippen molar-refractivity contribution in [1.29, 1.82) is 0 Å². The Morgan fingerprint density at radius 1 is 0.893 bits per heavy atom. The summed E-state index contributed by atoms with van der Waals surface area (Å²) in [6, 6.07) is 18.6. The molecule has 0 spiro atoms. The topological polar surface area (TPSA) is 66.9 Å². The number of nitrogens with one attached hydrogen (secondary N) is 2. The molecule has 0 saturated heterocycles. The number of carbonyl (C=O) groups excluding carboxylic acids is 1. The Hall–Kier alpha value is -3.03. The van der Waals surface area contributed by atoms with Gasteiger partial charge in [-0.1, -0.05) is 15.9 Å². The maximum atomic E-state index is 12.3. The Balaban J connectivity index is 1.40. The molecule has 28 heavy (non-hydrogen) atoms. The van der Waals surface area contributed by atoms with Crippen LogP contribution in [0.15, 0.2) is 82.9 Å². The molecule has 0 aliphatic rings. The predicted molar refractivity (Wildman–Crippen MR) is 117 cm³/mol. The number of halogens is 1. The summed E-state index contributed by atoms with van der Waals surface area (Å²) < 4.78 is 0.939. The number of hydrogen-bond donors (Lipinski definition) is 2. The van der Waals surface area contributed by atoms with Crippen molar-refractivity contribution in [3.05, 3.63) is 88.5 Å². The fraction of sp³-hybridized carbons (Fsp3) is 0. The summed E-state index contributed by atoms with van der Waals surface area (Å²) in [5, 5.41) is 8.99. The second-order valence-electron chi connectivity index (χ2n) is 5.94. The number of hydrogen-bond acceptors (Lipinski definition) is 5. The van der Waals surface area contributed by atoms with Crippen molar-refractivity contribution < 1.29 is 4.79 Å². The van der Waals surface area contributed by atoms with E-state index in [2.05, 4.69) is 36.5 Å². The van der Waals surface area contributed by atoms with Crippen molar-refractivity contribution in [3.8, 4) is 11.3 Å². The second kappa shape index (κ2) is 8.33. The quantitative estimate of drug-likeness (QED) is 0.393. The lowest BCUT2D eigenvalue weighted by molar-refractivity contribution is 0.102. The van der Waals surface area contributed by atoms with Crippen LogP contribution in [0.25, 0.3) is 11.3 Å². The molecular formula is C21H15BrN4OS. The maximum Gasteiger partial charge on any atom is 0.255 e. The monoisotopic (exact) mass is 450 g/mol. The lowest BCUT2D eigenvalue weighted by atomic mass is 10.2. The summed E-state index contributed by atoms with van der Waals surface area (Å²) >= 11 is 4.90. The molecule has 2 heterocycles. The van der Waals surface area contributed by atoms with Gasteiger partial charge in [0.25, 0.3) is 5.91 Å². The first-order valence-electron chi connectivity index (χ1n) is 8.47. The van der Waals surface area contributed by atoms with E-state index < -0.39 is 0 Å². The number of thiazole rings is 1. The fourth-order valence-corrected chi connectivity index (χ4v) is 3.56. The minimum Gasteiger partial charge on any atom is -0.332 e. The zero-order chi connectivity index (χ0) is 19.3. The highest BCUT2D eigenvalue weighted by molar-refractivity contribution is 9.10. The van der Waals surface area contributed by atoms with Crippen LogP contribution >= 0.6 is 27.3 Å². The van der Waals surface area contributed by atoms with E-state index in [0.29, 0.717) is 5.56 Å². The SMILES string of the molecule is O=C(Nc1ccc(Nc2nc(-c3ccncc3)cs2)cc1)c1ccc(Br)cc1. The third kappa shape index (κ3) is 4.44. The smallest absolute Gasteiger partial charge is 0.255 e. The molecule has 2 aromatic heterocycles. The Labute approximate surface area is 174 Å². The van der Waals surface area contributed by atoms with Gasteiger partial charge in [0.2, 0.25) is 0 Å². The molecule has 4 aromatic rings. The number of nitrogens with zero attached hydrogens (tertiary/aromatic N) is 2. The van der Waals surface area contributed by atoms with E-state index in [1.54, 1.807) is 24.5 Å². The van der Waals surface area contributed by atoms with Gasteiger partial charge in [-0.3, -0.25) is 9.78 Å². The predicted octanol–water partition coefficient (Wildman–Crippen LogP) is 5.96. The van der Waals surface area contributed by atoms with E-state index >= 15 is 0 Å². The number of amides is 1. The third-order valence-corrected chi connectivity index (χ3v) is 5.27. The molecular weight excluding hydrogens is 436 g/mol. The lowest BCUT2D eigenvalue weighted by Gasteiger charge is -2.07. The van der Waals surface area contributed by atoms with E-state index in [0.717, 1.165) is 32.2 Å². The number of rotatable bonds is 5. The van der Waals surface area contributed by atoms with Gasteiger partial charge in [0.1, 0.15) is 0 Å². The van der Waals surface area contributed by atoms with Gasteiger partial charge in [-0.15, -0.1) is 11.3 Å². The molecule has 0 aliphatic heterocycles. The normalized spacial score (nSPS) is 10.5. The highest BCUT2D eigenvalue weighted by Crippen LogP contribution is 2.27. The second-order valence-corrected chi connectivity index (χ2v) is 7.71. The van der Waals surface area contributed by atoms with Crippen LogP contribution in [0.3, 0.4) is 0 Å². The van der Waals surface area contributed by atoms with Crippen LogP contribution in [0.5, 0.6) is 0 Å². The number of anilines is 3. The molecule has 0 unspecified atom stereocenters. The summed E-state index contributed by atoms with van der Waals surface area (Å²) in [5.74, 6) is -0.143. The van der Waals surface area contributed by atoms with Gasteiger partial charge in [0.05, 0.1) is 5.69 Å². The first-order valence-corrected chi connectivity index (χ1v) is 10.1. The Morgan fingerprint density at radius 2 is 1.57 bits per heavy atom. The minimum absolute atomic E-state index is 0.143. The van der Waals surface area contributed by atoms with Crippen LogP contribution in [0.2, 0.25) is 0 Å². The number of carbonyl (C=O) groups is 1. The summed E-state index contributed by atoms with van der Waals surface area (Å²) in [6.45, 7) is 0. The van der Waals surface area contributed by atoms with Crippen LogP contribution in [0, 0.1) is 0 Å². The zero-order valence-corrected chi connectivity index (χ0v) is 17.0. The van der Waals surface area contributed by atoms with Gasteiger partial charge in [-0.25, -0.2) is 4.98 Å². The summed E-state index contributed by atoms with van der Waals surface area (Å²) in [4.78, 5) is 20.9. The Kier molecular flexibility index (Phi) is 5.45. The van der Waals surface area contributed by atoms with Gasteiger partial charge in [-0.2, -0.15) is 0 Å². The van der Waals surface area contributed by atoms with E-state index in [1.165, 1.54) is 11.3 Å². The zero-order valence-electron chi connectivity index (χ0n) is 14.6. The van der Waals surface area contributed by atoms with Crippen molar-refractivity contribution in [1.82, 2.24) is 9.97 Å². The molecule has 0 atom stereocenters. The fourth-order valence-electron chi connectivity index (χ4n) is 2.55. The molecule has 2 aromatic carbocycles. The number of aromatic nitrogens is 2. The summed E-state index contributed by atoms with van der Waals surface area (Å²) in [5.41, 5.74) is 4.18. The average molecular weight is 451 g/mol. The van der Waals surface area contributed by atoms with Crippen molar-refractivity contribution in [3.63, 3.8) is 0 Å². The molecule has 7 heteroatoms. The standard InChI is InChI=1S/C21H15BrN4OS/c22-16-3-1-15(2-4-16)20(27)24-17-5-7-18(8-6-17)25-21-26-19(13-28-21)14-9-11-23-12-10-14/h1-13H,(H,24,27)(H,25,26). The highest BCUT2D eigenvalue weighted by Gasteiger charge is 2.07. The van der Waals surface area contributed by atoms with E-state index in [9.17, 15) is 4.79 Å². The molecule has 0 saturated carbocycles. The van der Waals surface area contributed by atoms with Gasteiger partial charge in [0.15, 0.2) is 5.13 Å². The molecule has 4 rings (SSSR count). The summed E-state index contributed by atoms with van der Waals surface area (Å²) in [6.07, 6.45) is 3.51. The van der Waals surface area contributed by atoms with Crippen molar-refractivity contribution in [2.45, 2.75) is 0 Å². The van der Waals surface area contributed by atoms with Crippen LogP contribution in [0.1, 0.15) is 10.4 Å². The van der Waals surface area contributed by atoms with Crippen LogP contribution < -0.4 is 10.6 Å². The Bertz CT molecular complexity index is 1080. The maximum absolute atomic E-state index is 12.3. The van der Waals surface area contributed by atoms with Crippen molar-refractivity contribution >= 4 is 49.7 Å². The largest absolute Gasteiger partial charge is 0.332 e. The first kappa shape index (κ1) is 18.3. The minimum atomic E-state index is -0.143. The van der Waals surface area contributed by atoms with Gasteiger partial charge >= 0.3 is 0 Å². The van der Waals surface area contributed by atoms with Crippen LogP contribution in [0.4, 0.5) is 16.5 Å². The van der Waals surface area contributed by atoms with E-state index in [-0.39, 0.29) is 5.91 Å². The third-order valence-electron chi connectivity index (χ3n) is 3.98. The molecule has 0 fully saturated rings. The molecule has 138 valence electrons. The van der Waals surface area contributed by atoms with Crippen LogP contribution in [-0.4, -0.2) is 15.9 Å². The first-order chi connectivity index (χ1) is 13.7. The molecule has 5 nitrogen and oxygen atoms in total. The van der Waals surface area contributed by atoms with Crippen LogP contribution in [-0.2, 0) is 0 Å². The summed E-state index contributed by atoms with van der Waals surface area (Å²) in [7, 11) is 0. The number of benzene rings is 2. The van der Waals surface area contributed by atoms with Gasteiger partial charge < -0.3 is 10.6 Å². The van der Waals surface area contributed by atoms with Crippen molar-refractivity contribution in [2.75, 3.05) is 10.6 Å². The molecule has 0 bridgehead atoms. The lowest BCUT2D eigenvalue weighted by Crippen LogP contribution is -2.11. The van der Waals surface area contributed by atoms with Gasteiger partial charge in [0, 0.05) is 44.7 Å². The molecule has 2 N–H and O–H groups in total. The Morgan fingerprint density at radius 3 is 2.29 bits per heavy atom. The molecule has 1 amide bonds. The number of pyridine rings is 1. The highest BCUT2D eigenvalue weighted by atomic mass is 79.9. The van der Waals surface area contributed by atoms with Gasteiger partial charge in [-0.05, 0) is 60.7 Å². The van der Waals surface area contributed by atoms with Crippen molar-refractivity contribution in [2.24, 2.45) is 0 Å². The molecule has 0 aliphatic carbocycles. The van der Waals surface area contributed by atoms with E-state index in [4.69, 9.17) is 0 Å². The van der Waals surface area contributed by atoms with E-state index in [1.807, 2.05) is 53.9 Å².